The van der Waals surface area contributed by atoms with Crippen LogP contribution in [0, 0.1) is 22.7 Å². The van der Waals surface area contributed by atoms with Crippen molar-refractivity contribution in [2.24, 2.45) is 0 Å². The third-order valence-electron chi connectivity index (χ3n) is 4.81. The summed E-state index contributed by atoms with van der Waals surface area (Å²) < 4.78 is 0. The highest BCUT2D eigenvalue weighted by Crippen LogP contribution is 2.39. The molecule has 4 rings (SSSR count). The summed E-state index contributed by atoms with van der Waals surface area (Å²) in [7, 11) is 0. The number of hydrogen-bond donors (Lipinski definition) is 2. The van der Waals surface area contributed by atoms with Gasteiger partial charge in [0.25, 0.3) is 0 Å². The third kappa shape index (κ3) is 2.80. The number of anilines is 2. The highest BCUT2D eigenvalue weighted by Gasteiger charge is 2.15. The van der Waals surface area contributed by atoms with Crippen LogP contribution in [-0.4, -0.2) is 0 Å². The van der Waals surface area contributed by atoms with Crippen molar-refractivity contribution in [1.82, 2.24) is 0 Å². The van der Waals surface area contributed by atoms with E-state index in [9.17, 15) is 10.5 Å². The second-order valence-corrected chi connectivity index (χ2v) is 6.54. The maximum Gasteiger partial charge on any atom is 0.0998 e. The number of nitrogen functional groups attached to an aromatic ring is 2. The van der Waals surface area contributed by atoms with Gasteiger partial charge in [-0.2, -0.15) is 10.5 Å². The van der Waals surface area contributed by atoms with E-state index in [-0.39, 0.29) is 0 Å². The van der Waals surface area contributed by atoms with Gasteiger partial charge >= 0.3 is 0 Å². The minimum Gasteiger partial charge on any atom is -0.399 e. The van der Waals surface area contributed by atoms with Crippen LogP contribution in [-0.2, 0) is 0 Å². The Kier molecular flexibility index (Phi) is 4.16. The monoisotopic (exact) mass is 360 g/mol. The Morgan fingerprint density at radius 2 is 1.04 bits per heavy atom. The fourth-order valence-electron chi connectivity index (χ4n) is 3.57. The number of nitrogens with two attached hydrogens (primary N) is 2. The average molecular weight is 360 g/mol. The number of hydrogen-bond acceptors (Lipinski definition) is 4. The Morgan fingerprint density at radius 1 is 0.571 bits per heavy atom. The zero-order chi connectivity index (χ0) is 19.7. The molecule has 0 aliphatic carbocycles. The molecule has 0 amide bonds. The van der Waals surface area contributed by atoms with Crippen LogP contribution in [0.4, 0.5) is 11.4 Å². The van der Waals surface area contributed by atoms with Crippen LogP contribution in [0.2, 0.25) is 0 Å². The molecule has 4 heteroatoms. The van der Waals surface area contributed by atoms with E-state index < -0.39 is 0 Å². The number of nitrogens with zero attached hydrogens (tertiary/aromatic N) is 2. The molecule has 4 N–H and O–H groups in total. The van der Waals surface area contributed by atoms with Gasteiger partial charge in [-0.1, -0.05) is 48.5 Å². The lowest BCUT2D eigenvalue weighted by atomic mass is 9.88. The molecule has 0 saturated heterocycles. The minimum atomic E-state index is 0.514. The van der Waals surface area contributed by atoms with Gasteiger partial charge in [-0.25, -0.2) is 0 Å². The van der Waals surface area contributed by atoms with Gasteiger partial charge in [0.15, 0.2) is 0 Å². The highest BCUT2D eigenvalue weighted by atomic mass is 14.5. The van der Waals surface area contributed by atoms with Crippen molar-refractivity contribution in [2.45, 2.75) is 0 Å². The highest BCUT2D eigenvalue weighted by molar-refractivity contribution is 6.07. The molecule has 0 heterocycles. The molecular weight excluding hydrogens is 344 g/mol. The molecule has 4 nitrogen and oxygen atoms in total. The van der Waals surface area contributed by atoms with Crippen molar-refractivity contribution >= 4 is 22.1 Å². The second kappa shape index (κ2) is 6.79. The Hall–Kier alpha value is -4.28. The van der Waals surface area contributed by atoms with Gasteiger partial charge in [-0.3, -0.25) is 0 Å². The number of rotatable bonds is 2. The molecule has 4 aromatic rings. The molecule has 132 valence electrons. The van der Waals surface area contributed by atoms with Crippen LogP contribution in [0.3, 0.4) is 0 Å². The van der Waals surface area contributed by atoms with E-state index in [1.54, 1.807) is 24.3 Å². The van der Waals surface area contributed by atoms with Gasteiger partial charge in [0.05, 0.1) is 23.3 Å². The van der Waals surface area contributed by atoms with E-state index >= 15 is 0 Å². The molecule has 0 bridgehead atoms. The van der Waals surface area contributed by atoms with Gasteiger partial charge in [0.1, 0.15) is 0 Å². The molecule has 0 saturated carbocycles. The predicted molar refractivity (Wildman–Crippen MR) is 113 cm³/mol. The van der Waals surface area contributed by atoms with Gasteiger partial charge in [0.2, 0.25) is 0 Å². The molecule has 0 aromatic heterocycles. The Balaban J connectivity index is 2.10. The van der Waals surface area contributed by atoms with Gasteiger partial charge in [-0.15, -0.1) is 0 Å². The van der Waals surface area contributed by atoms with E-state index in [1.165, 1.54) is 0 Å². The van der Waals surface area contributed by atoms with Crippen molar-refractivity contribution in [2.75, 3.05) is 11.5 Å². The topological polar surface area (TPSA) is 99.6 Å². The second-order valence-electron chi connectivity index (χ2n) is 6.54. The summed E-state index contributed by atoms with van der Waals surface area (Å²) in [6.45, 7) is 0. The molecule has 0 radical (unpaired) electrons. The molecule has 0 spiro atoms. The smallest absolute Gasteiger partial charge is 0.0998 e. The molecule has 4 aromatic carbocycles. The lowest BCUT2D eigenvalue weighted by molar-refractivity contribution is 1.48. The zero-order valence-corrected chi connectivity index (χ0v) is 15.0. The summed E-state index contributed by atoms with van der Waals surface area (Å²) in [6, 6.07) is 27.1. The van der Waals surface area contributed by atoms with Crippen LogP contribution in [0.15, 0.2) is 72.8 Å². The fourth-order valence-corrected chi connectivity index (χ4v) is 3.57. The van der Waals surface area contributed by atoms with Crippen molar-refractivity contribution in [3.8, 4) is 34.4 Å². The maximum absolute atomic E-state index is 9.61. The van der Waals surface area contributed by atoms with Gasteiger partial charge < -0.3 is 11.5 Å². The van der Waals surface area contributed by atoms with E-state index in [1.807, 2.05) is 48.5 Å². The van der Waals surface area contributed by atoms with Crippen LogP contribution in [0.5, 0.6) is 0 Å². The SMILES string of the molecule is N#Cc1cc(N)ccc1-c1cccc2cccc(-c3ccc(N)cc3C#N)c12. The van der Waals surface area contributed by atoms with Crippen molar-refractivity contribution in [3.05, 3.63) is 83.9 Å². The number of nitriles is 2. The Bertz CT molecular complexity index is 1210. The number of fused-ring (bicyclic) bond motifs is 1. The average Bonchev–Trinajstić information content (AvgIpc) is 2.72. The van der Waals surface area contributed by atoms with Gasteiger partial charge in [-0.05, 0) is 46.2 Å². The Labute approximate surface area is 162 Å². The molecule has 0 aliphatic rings. The first-order valence-corrected chi connectivity index (χ1v) is 8.74. The summed E-state index contributed by atoms with van der Waals surface area (Å²) in [5.41, 5.74) is 17.3. The van der Waals surface area contributed by atoms with Crippen LogP contribution in [0.1, 0.15) is 11.1 Å². The maximum atomic E-state index is 9.61. The molecule has 0 fully saturated rings. The predicted octanol–water partition coefficient (Wildman–Crippen LogP) is 5.08. The lowest BCUT2D eigenvalue weighted by Gasteiger charge is -2.15. The quantitative estimate of drug-likeness (QED) is 0.487. The minimum absolute atomic E-state index is 0.514. The summed E-state index contributed by atoms with van der Waals surface area (Å²) >= 11 is 0. The largest absolute Gasteiger partial charge is 0.399 e. The molecule has 0 aliphatic heterocycles. The fraction of sp³-hybridized carbons (Fsp3) is 0. The third-order valence-corrected chi connectivity index (χ3v) is 4.81. The standard InChI is InChI=1S/C24H16N4/c25-13-16-11-18(27)7-9-20(16)22-5-1-3-15-4-2-6-23(24(15)22)21-10-8-19(28)12-17(21)14-26/h1-12H,27-28H2. The number of benzene rings is 4. The van der Waals surface area contributed by atoms with Crippen molar-refractivity contribution in [3.63, 3.8) is 0 Å². The van der Waals surface area contributed by atoms with E-state index in [4.69, 9.17) is 11.5 Å². The molecule has 0 unspecified atom stereocenters. The first-order valence-electron chi connectivity index (χ1n) is 8.74. The molecule has 28 heavy (non-hydrogen) atoms. The molecular formula is C24H16N4. The summed E-state index contributed by atoms with van der Waals surface area (Å²) in [6.07, 6.45) is 0. The van der Waals surface area contributed by atoms with E-state index in [2.05, 4.69) is 12.1 Å². The van der Waals surface area contributed by atoms with Gasteiger partial charge in [0, 0.05) is 22.5 Å². The first-order chi connectivity index (χ1) is 13.6. The summed E-state index contributed by atoms with van der Waals surface area (Å²) in [4.78, 5) is 0. The Morgan fingerprint density at radius 3 is 1.46 bits per heavy atom. The normalized spacial score (nSPS) is 10.4. The van der Waals surface area contributed by atoms with Crippen molar-refractivity contribution in [1.29, 1.82) is 10.5 Å². The summed E-state index contributed by atoms with van der Waals surface area (Å²) in [5, 5.41) is 21.2. The van der Waals surface area contributed by atoms with E-state index in [0.29, 0.717) is 22.5 Å². The van der Waals surface area contributed by atoms with Crippen LogP contribution >= 0.6 is 0 Å². The van der Waals surface area contributed by atoms with Crippen LogP contribution < -0.4 is 11.5 Å². The first kappa shape index (κ1) is 17.1. The van der Waals surface area contributed by atoms with Crippen molar-refractivity contribution < 1.29 is 0 Å². The molecule has 0 atom stereocenters. The lowest BCUT2D eigenvalue weighted by Crippen LogP contribution is -1.93. The van der Waals surface area contributed by atoms with E-state index in [0.717, 1.165) is 33.0 Å². The summed E-state index contributed by atoms with van der Waals surface area (Å²) in [5.74, 6) is 0. The zero-order valence-electron chi connectivity index (χ0n) is 15.0. The van der Waals surface area contributed by atoms with Crippen LogP contribution in [0.25, 0.3) is 33.0 Å².